The first kappa shape index (κ1) is 17.7. The quantitative estimate of drug-likeness (QED) is 0.736. The number of carbonyl (C=O) groups excluding carboxylic acids is 1. The summed E-state index contributed by atoms with van der Waals surface area (Å²) in [6.07, 6.45) is -0.631. The summed E-state index contributed by atoms with van der Waals surface area (Å²) in [6.45, 7) is 5.89. The highest BCUT2D eigenvalue weighted by Gasteiger charge is 2.16. The molecule has 0 aliphatic rings. The van der Waals surface area contributed by atoms with Crippen molar-refractivity contribution in [1.29, 1.82) is 0 Å². The molecule has 0 radical (unpaired) electrons. The Balaban J connectivity index is 1.55. The smallest absolute Gasteiger partial charge is 0.261 e. The van der Waals surface area contributed by atoms with Gasteiger partial charge in [0.2, 0.25) is 11.7 Å². The first-order chi connectivity index (χ1) is 12.5. The molecule has 0 bridgehead atoms. The van der Waals surface area contributed by atoms with E-state index in [9.17, 15) is 4.79 Å². The fourth-order valence-electron chi connectivity index (χ4n) is 2.38. The van der Waals surface area contributed by atoms with Gasteiger partial charge >= 0.3 is 0 Å². The second-order valence-electron chi connectivity index (χ2n) is 6.10. The van der Waals surface area contributed by atoms with Gasteiger partial charge < -0.3 is 14.6 Å². The van der Waals surface area contributed by atoms with Crippen LogP contribution in [-0.4, -0.2) is 22.2 Å². The van der Waals surface area contributed by atoms with Crippen LogP contribution in [0.25, 0.3) is 11.4 Å². The monoisotopic (exact) mass is 351 g/mol. The van der Waals surface area contributed by atoms with Gasteiger partial charge in [-0.3, -0.25) is 4.79 Å². The molecule has 2 aromatic carbocycles. The van der Waals surface area contributed by atoms with Gasteiger partial charge in [0.05, 0.1) is 6.54 Å². The zero-order valence-corrected chi connectivity index (χ0v) is 15.0. The molecule has 1 heterocycles. The van der Waals surface area contributed by atoms with E-state index in [0.717, 1.165) is 11.1 Å². The van der Waals surface area contributed by atoms with E-state index in [1.807, 2.05) is 62.4 Å². The van der Waals surface area contributed by atoms with Crippen molar-refractivity contribution in [2.24, 2.45) is 0 Å². The molecule has 0 unspecified atom stereocenters. The highest BCUT2D eigenvalue weighted by molar-refractivity contribution is 5.80. The fraction of sp³-hybridized carbons (Fsp3) is 0.250. The molecular weight excluding hydrogens is 330 g/mol. The van der Waals surface area contributed by atoms with Crippen molar-refractivity contribution in [3.05, 3.63) is 65.5 Å². The van der Waals surface area contributed by atoms with E-state index < -0.39 is 6.10 Å². The second-order valence-corrected chi connectivity index (χ2v) is 6.10. The van der Waals surface area contributed by atoms with Crippen LogP contribution in [0.2, 0.25) is 0 Å². The minimum absolute atomic E-state index is 0.152. The van der Waals surface area contributed by atoms with Crippen LogP contribution in [-0.2, 0) is 11.3 Å². The predicted molar refractivity (Wildman–Crippen MR) is 97.6 cm³/mol. The maximum absolute atomic E-state index is 12.2. The lowest BCUT2D eigenvalue weighted by atomic mass is 10.1. The van der Waals surface area contributed by atoms with Crippen molar-refractivity contribution < 1.29 is 14.1 Å². The Kier molecular flexibility index (Phi) is 5.31. The molecule has 3 aromatic rings. The topological polar surface area (TPSA) is 77.2 Å². The number of rotatable bonds is 6. The Bertz CT molecular complexity index is 890. The number of carbonyl (C=O) groups is 1. The number of hydrogen-bond acceptors (Lipinski definition) is 5. The van der Waals surface area contributed by atoms with Gasteiger partial charge in [-0.15, -0.1) is 0 Å². The van der Waals surface area contributed by atoms with Crippen molar-refractivity contribution >= 4 is 5.91 Å². The van der Waals surface area contributed by atoms with Crippen molar-refractivity contribution in [2.45, 2.75) is 33.4 Å². The standard InChI is InChI=1S/C20H21N3O3/c1-13-9-10-17(11-14(13)2)25-15(3)20(24)21-12-18-22-19(23-26-18)16-7-5-4-6-8-16/h4-11,15H,12H2,1-3H3,(H,21,24)/t15-/m1/s1. The van der Waals surface area contributed by atoms with E-state index in [1.165, 1.54) is 5.56 Å². The normalized spacial score (nSPS) is 11.8. The van der Waals surface area contributed by atoms with Gasteiger partial charge in [-0.2, -0.15) is 4.98 Å². The van der Waals surface area contributed by atoms with Crippen LogP contribution < -0.4 is 10.1 Å². The van der Waals surface area contributed by atoms with Crippen LogP contribution in [0.1, 0.15) is 23.9 Å². The second kappa shape index (κ2) is 7.82. The van der Waals surface area contributed by atoms with E-state index >= 15 is 0 Å². The van der Waals surface area contributed by atoms with Crippen molar-refractivity contribution in [3.8, 4) is 17.1 Å². The van der Waals surface area contributed by atoms with E-state index in [0.29, 0.717) is 17.5 Å². The first-order valence-electron chi connectivity index (χ1n) is 8.42. The zero-order valence-electron chi connectivity index (χ0n) is 15.0. The molecule has 0 saturated heterocycles. The summed E-state index contributed by atoms with van der Waals surface area (Å²) in [4.78, 5) is 16.5. The largest absolute Gasteiger partial charge is 0.481 e. The van der Waals surface area contributed by atoms with Gasteiger partial charge in [0.15, 0.2) is 6.10 Å². The molecule has 0 aliphatic heterocycles. The van der Waals surface area contributed by atoms with Gasteiger partial charge in [-0.05, 0) is 44.0 Å². The lowest BCUT2D eigenvalue weighted by molar-refractivity contribution is -0.127. The van der Waals surface area contributed by atoms with Crippen LogP contribution in [0.15, 0.2) is 53.1 Å². The zero-order chi connectivity index (χ0) is 18.5. The van der Waals surface area contributed by atoms with Crippen molar-refractivity contribution in [2.75, 3.05) is 0 Å². The summed E-state index contributed by atoms with van der Waals surface area (Å²) in [7, 11) is 0. The average molecular weight is 351 g/mol. The molecule has 26 heavy (non-hydrogen) atoms. The van der Waals surface area contributed by atoms with Crippen LogP contribution in [0, 0.1) is 13.8 Å². The number of benzene rings is 2. The lowest BCUT2D eigenvalue weighted by Gasteiger charge is -2.15. The minimum Gasteiger partial charge on any atom is -0.481 e. The minimum atomic E-state index is -0.631. The van der Waals surface area contributed by atoms with Gasteiger partial charge in [-0.25, -0.2) is 0 Å². The Morgan fingerprint density at radius 2 is 1.92 bits per heavy atom. The maximum atomic E-state index is 12.2. The number of aromatic nitrogens is 2. The van der Waals surface area contributed by atoms with Gasteiger partial charge in [0.25, 0.3) is 5.91 Å². The highest BCUT2D eigenvalue weighted by atomic mass is 16.5. The summed E-state index contributed by atoms with van der Waals surface area (Å²) >= 11 is 0. The van der Waals surface area contributed by atoms with Crippen molar-refractivity contribution in [3.63, 3.8) is 0 Å². The van der Waals surface area contributed by atoms with Crippen LogP contribution in [0.5, 0.6) is 5.75 Å². The number of ether oxygens (including phenoxy) is 1. The molecule has 0 spiro atoms. The van der Waals surface area contributed by atoms with Crippen LogP contribution in [0.3, 0.4) is 0 Å². The van der Waals surface area contributed by atoms with E-state index in [1.54, 1.807) is 6.92 Å². The third-order valence-electron chi connectivity index (χ3n) is 4.07. The summed E-state index contributed by atoms with van der Waals surface area (Å²) < 4.78 is 10.9. The summed E-state index contributed by atoms with van der Waals surface area (Å²) in [5.74, 6) is 1.26. The summed E-state index contributed by atoms with van der Waals surface area (Å²) in [5, 5.41) is 6.68. The number of amides is 1. The van der Waals surface area contributed by atoms with Crippen LogP contribution in [0.4, 0.5) is 0 Å². The molecule has 1 atom stereocenters. The SMILES string of the molecule is Cc1ccc(O[C@H](C)C(=O)NCc2nc(-c3ccccc3)no2)cc1C. The fourth-order valence-corrected chi connectivity index (χ4v) is 2.38. The van der Waals surface area contributed by atoms with E-state index in [4.69, 9.17) is 9.26 Å². The predicted octanol–water partition coefficient (Wildman–Crippen LogP) is 3.44. The van der Waals surface area contributed by atoms with E-state index in [-0.39, 0.29) is 12.5 Å². The molecule has 3 rings (SSSR count). The van der Waals surface area contributed by atoms with Gasteiger partial charge in [-0.1, -0.05) is 41.6 Å². The number of nitrogens with zero attached hydrogens (tertiary/aromatic N) is 2. The molecular formula is C20H21N3O3. The third kappa shape index (κ3) is 4.27. The van der Waals surface area contributed by atoms with Crippen molar-refractivity contribution in [1.82, 2.24) is 15.5 Å². The Hall–Kier alpha value is -3.15. The molecule has 1 amide bonds. The van der Waals surface area contributed by atoms with Gasteiger partial charge in [0, 0.05) is 5.56 Å². The molecule has 0 fully saturated rings. The molecule has 6 nitrogen and oxygen atoms in total. The summed E-state index contributed by atoms with van der Waals surface area (Å²) in [5.41, 5.74) is 3.16. The van der Waals surface area contributed by atoms with Crippen LogP contribution >= 0.6 is 0 Å². The molecule has 6 heteroatoms. The highest BCUT2D eigenvalue weighted by Crippen LogP contribution is 2.18. The third-order valence-corrected chi connectivity index (χ3v) is 4.07. The molecule has 134 valence electrons. The molecule has 0 saturated carbocycles. The Morgan fingerprint density at radius 1 is 1.15 bits per heavy atom. The average Bonchev–Trinajstić information content (AvgIpc) is 3.12. The number of hydrogen-bond donors (Lipinski definition) is 1. The Morgan fingerprint density at radius 3 is 2.65 bits per heavy atom. The van der Waals surface area contributed by atoms with Gasteiger partial charge in [0.1, 0.15) is 5.75 Å². The molecule has 1 N–H and O–H groups in total. The lowest BCUT2D eigenvalue weighted by Crippen LogP contribution is -2.36. The Labute approximate surface area is 152 Å². The summed E-state index contributed by atoms with van der Waals surface area (Å²) in [6, 6.07) is 15.3. The number of nitrogens with one attached hydrogen (secondary N) is 1. The molecule has 0 aliphatic carbocycles. The molecule has 1 aromatic heterocycles. The first-order valence-corrected chi connectivity index (χ1v) is 8.42. The maximum Gasteiger partial charge on any atom is 0.261 e. The van der Waals surface area contributed by atoms with E-state index in [2.05, 4.69) is 15.5 Å². The number of aryl methyl sites for hydroxylation is 2.